The maximum atomic E-state index is 10.8. The van der Waals surface area contributed by atoms with E-state index in [1.807, 2.05) is 26.0 Å². The zero-order chi connectivity index (χ0) is 16.4. The summed E-state index contributed by atoms with van der Waals surface area (Å²) in [6.07, 6.45) is 3.01. The first-order chi connectivity index (χ1) is 11.0. The average molecular weight is 320 g/mol. The second kappa shape index (κ2) is 6.75. The van der Waals surface area contributed by atoms with Crippen LogP contribution in [0, 0.1) is 12.8 Å². The molecule has 2 saturated heterocycles. The Morgan fingerprint density at radius 3 is 3.04 bits per heavy atom. The molecule has 0 aromatic carbocycles. The summed E-state index contributed by atoms with van der Waals surface area (Å²) in [5, 5.41) is 10.8. The van der Waals surface area contributed by atoms with Gasteiger partial charge in [-0.1, -0.05) is 0 Å². The van der Waals surface area contributed by atoms with Gasteiger partial charge in [0.1, 0.15) is 5.75 Å². The van der Waals surface area contributed by atoms with Crippen LogP contribution >= 0.6 is 0 Å². The van der Waals surface area contributed by atoms with Crippen molar-refractivity contribution < 1.29 is 14.6 Å². The molecule has 2 fully saturated rings. The Kier molecular flexibility index (Phi) is 4.90. The van der Waals surface area contributed by atoms with E-state index in [0.29, 0.717) is 19.3 Å². The highest BCUT2D eigenvalue weighted by molar-refractivity contribution is 5.26. The molecule has 1 aromatic heterocycles. The SMILES string of the molecule is COc1cc(C)nc(CN2CCCC2C2COCCC2(C)O)c1. The quantitative estimate of drug-likeness (QED) is 0.921. The molecule has 23 heavy (non-hydrogen) atoms. The minimum Gasteiger partial charge on any atom is -0.497 e. The number of ether oxygens (including phenoxy) is 2. The molecule has 0 aliphatic carbocycles. The Hall–Kier alpha value is -1.17. The highest BCUT2D eigenvalue weighted by atomic mass is 16.5. The number of aromatic nitrogens is 1. The lowest BCUT2D eigenvalue weighted by Crippen LogP contribution is -2.52. The van der Waals surface area contributed by atoms with Gasteiger partial charge in [-0.05, 0) is 39.7 Å². The van der Waals surface area contributed by atoms with Gasteiger partial charge in [-0.2, -0.15) is 0 Å². The Balaban J connectivity index is 1.75. The van der Waals surface area contributed by atoms with Gasteiger partial charge in [0.05, 0.1) is 25.0 Å². The molecule has 3 heterocycles. The number of pyridine rings is 1. The lowest BCUT2D eigenvalue weighted by Gasteiger charge is -2.43. The van der Waals surface area contributed by atoms with Gasteiger partial charge in [0, 0.05) is 42.9 Å². The Labute approximate surface area is 138 Å². The molecule has 2 aliphatic heterocycles. The van der Waals surface area contributed by atoms with Gasteiger partial charge in [-0.15, -0.1) is 0 Å². The molecule has 128 valence electrons. The summed E-state index contributed by atoms with van der Waals surface area (Å²) >= 11 is 0. The number of methoxy groups -OCH3 is 1. The van der Waals surface area contributed by atoms with E-state index in [4.69, 9.17) is 9.47 Å². The molecule has 0 amide bonds. The lowest BCUT2D eigenvalue weighted by molar-refractivity contribution is -0.123. The normalized spacial score (nSPS) is 32.2. The molecule has 3 unspecified atom stereocenters. The maximum Gasteiger partial charge on any atom is 0.122 e. The third-order valence-corrected chi connectivity index (χ3v) is 5.31. The van der Waals surface area contributed by atoms with Gasteiger partial charge in [0.2, 0.25) is 0 Å². The Bertz CT molecular complexity index is 547. The van der Waals surface area contributed by atoms with Crippen molar-refractivity contribution in [3.8, 4) is 5.75 Å². The second-order valence-corrected chi connectivity index (χ2v) is 7.11. The van der Waals surface area contributed by atoms with Crippen LogP contribution in [-0.2, 0) is 11.3 Å². The van der Waals surface area contributed by atoms with Crippen LogP contribution in [0.5, 0.6) is 5.75 Å². The number of likely N-dealkylation sites (tertiary alicyclic amines) is 1. The summed E-state index contributed by atoms with van der Waals surface area (Å²) in [6.45, 7) is 7.12. The number of nitrogens with zero attached hydrogens (tertiary/aromatic N) is 2. The molecule has 3 rings (SSSR count). The van der Waals surface area contributed by atoms with E-state index in [1.165, 1.54) is 6.42 Å². The van der Waals surface area contributed by atoms with Gasteiger partial charge in [0.25, 0.3) is 0 Å². The predicted octanol–water partition coefficient (Wildman–Crippen LogP) is 2.15. The smallest absolute Gasteiger partial charge is 0.122 e. The van der Waals surface area contributed by atoms with Gasteiger partial charge < -0.3 is 14.6 Å². The number of rotatable bonds is 4. The zero-order valence-corrected chi connectivity index (χ0v) is 14.4. The van der Waals surface area contributed by atoms with E-state index < -0.39 is 5.60 Å². The first kappa shape index (κ1) is 16.7. The van der Waals surface area contributed by atoms with Crippen LogP contribution in [-0.4, -0.2) is 53.5 Å². The molecule has 2 aliphatic rings. The Morgan fingerprint density at radius 2 is 2.30 bits per heavy atom. The summed E-state index contributed by atoms with van der Waals surface area (Å²) in [5.74, 6) is 1.03. The number of hydrogen-bond acceptors (Lipinski definition) is 5. The van der Waals surface area contributed by atoms with Crippen molar-refractivity contribution in [3.63, 3.8) is 0 Å². The van der Waals surface area contributed by atoms with Gasteiger partial charge >= 0.3 is 0 Å². The highest BCUT2D eigenvalue weighted by Crippen LogP contribution is 2.36. The monoisotopic (exact) mass is 320 g/mol. The van der Waals surface area contributed by atoms with Crippen molar-refractivity contribution in [2.45, 2.75) is 51.3 Å². The number of aryl methyl sites for hydroxylation is 1. The molecule has 0 spiro atoms. The van der Waals surface area contributed by atoms with Crippen molar-refractivity contribution >= 4 is 0 Å². The minimum atomic E-state index is -0.636. The second-order valence-electron chi connectivity index (χ2n) is 7.11. The molecule has 0 bridgehead atoms. The van der Waals surface area contributed by atoms with Crippen molar-refractivity contribution in [2.75, 3.05) is 26.9 Å². The van der Waals surface area contributed by atoms with E-state index in [1.54, 1.807) is 7.11 Å². The van der Waals surface area contributed by atoms with Crippen molar-refractivity contribution in [1.29, 1.82) is 0 Å². The summed E-state index contributed by atoms with van der Waals surface area (Å²) in [6, 6.07) is 4.32. The fourth-order valence-corrected chi connectivity index (χ4v) is 3.99. The molecule has 5 heteroatoms. The van der Waals surface area contributed by atoms with Crippen LogP contribution in [0.25, 0.3) is 0 Å². The molecule has 1 N–H and O–H groups in total. The van der Waals surface area contributed by atoms with Gasteiger partial charge in [-0.3, -0.25) is 9.88 Å². The standard InChI is InChI=1S/C18H28N2O3/c1-13-9-15(22-3)10-14(19-13)11-20-7-4-5-17(20)16-12-23-8-6-18(16,2)21/h9-10,16-17,21H,4-8,11-12H2,1-3H3. The first-order valence-corrected chi connectivity index (χ1v) is 8.55. The summed E-state index contributed by atoms with van der Waals surface area (Å²) < 4.78 is 11.0. The molecule has 5 nitrogen and oxygen atoms in total. The van der Waals surface area contributed by atoms with Crippen molar-refractivity contribution in [1.82, 2.24) is 9.88 Å². The van der Waals surface area contributed by atoms with E-state index in [2.05, 4.69) is 9.88 Å². The number of aliphatic hydroxyl groups is 1. The minimum absolute atomic E-state index is 0.172. The topological polar surface area (TPSA) is 54.8 Å². The van der Waals surface area contributed by atoms with Crippen molar-refractivity contribution in [2.24, 2.45) is 5.92 Å². The summed E-state index contributed by atoms with van der Waals surface area (Å²) in [5.41, 5.74) is 1.37. The van der Waals surface area contributed by atoms with Crippen molar-refractivity contribution in [3.05, 3.63) is 23.5 Å². The Morgan fingerprint density at radius 1 is 1.48 bits per heavy atom. The van der Waals surface area contributed by atoms with Crippen LogP contribution in [0.3, 0.4) is 0 Å². The average Bonchev–Trinajstić information content (AvgIpc) is 2.94. The summed E-state index contributed by atoms with van der Waals surface area (Å²) in [7, 11) is 1.69. The zero-order valence-electron chi connectivity index (χ0n) is 14.4. The number of hydrogen-bond donors (Lipinski definition) is 1. The van der Waals surface area contributed by atoms with E-state index in [0.717, 1.165) is 43.1 Å². The molecule has 3 atom stereocenters. The van der Waals surface area contributed by atoms with Crippen LogP contribution in [0.2, 0.25) is 0 Å². The summed E-state index contributed by atoms with van der Waals surface area (Å²) in [4.78, 5) is 7.10. The maximum absolute atomic E-state index is 10.8. The van der Waals surface area contributed by atoms with E-state index in [-0.39, 0.29) is 5.92 Å². The van der Waals surface area contributed by atoms with E-state index in [9.17, 15) is 5.11 Å². The van der Waals surface area contributed by atoms with Crippen LogP contribution < -0.4 is 4.74 Å². The highest BCUT2D eigenvalue weighted by Gasteiger charge is 2.44. The molecular weight excluding hydrogens is 292 g/mol. The predicted molar refractivity (Wildman–Crippen MR) is 88.5 cm³/mol. The third kappa shape index (κ3) is 3.67. The fraction of sp³-hybridized carbons (Fsp3) is 0.722. The third-order valence-electron chi connectivity index (χ3n) is 5.31. The lowest BCUT2D eigenvalue weighted by atomic mass is 9.79. The van der Waals surface area contributed by atoms with Gasteiger partial charge in [0.15, 0.2) is 0 Å². The molecule has 0 radical (unpaired) electrons. The molecule has 0 saturated carbocycles. The molecular formula is C18H28N2O3. The fourth-order valence-electron chi connectivity index (χ4n) is 3.99. The van der Waals surface area contributed by atoms with E-state index >= 15 is 0 Å². The first-order valence-electron chi connectivity index (χ1n) is 8.55. The molecule has 1 aromatic rings. The van der Waals surface area contributed by atoms with Crippen LogP contribution in [0.15, 0.2) is 12.1 Å². The van der Waals surface area contributed by atoms with Gasteiger partial charge in [-0.25, -0.2) is 0 Å². The van der Waals surface area contributed by atoms with Crippen LogP contribution in [0.4, 0.5) is 0 Å². The largest absolute Gasteiger partial charge is 0.497 e. The van der Waals surface area contributed by atoms with Crippen LogP contribution in [0.1, 0.15) is 37.6 Å².